The highest BCUT2D eigenvalue weighted by molar-refractivity contribution is 7.13. The number of hydrogen-bond donors (Lipinski definition) is 3. The SMILES string of the molecule is Nc1nc(C(=O)NCC2CCCC2O)cs1. The van der Waals surface area contributed by atoms with Gasteiger partial charge < -0.3 is 16.2 Å². The Labute approximate surface area is 97.7 Å². The molecule has 5 nitrogen and oxygen atoms in total. The minimum Gasteiger partial charge on any atom is -0.393 e. The predicted molar refractivity (Wildman–Crippen MR) is 62.2 cm³/mol. The van der Waals surface area contributed by atoms with E-state index in [2.05, 4.69) is 10.3 Å². The molecule has 1 aromatic rings. The Kier molecular flexibility index (Phi) is 3.40. The molecule has 1 amide bonds. The Morgan fingerprint density at radius 2 is 2.50 bits per heavy atom. The van der Waals surface area contributed by atoms with Gasteiger partial charge in [0.25, 0.3) is 5.91 Å². The number of amides is 1. The Balaban J connectivity index is 1.84. The Bertz CT molecular complexity index is 380. The maximum Gasteiger partial charge on any atom is 0.270 e. The van der Waals surface area contributed by atoms with Gasteiger partial charge in [-0.2, -0.15) is 0 Å². The highest BCUT2D eigenvalue weighted by atomic mass is 32.1. The van der Waals surface area contributed by atoms with Gasteiger partial charge in [-0.05, 0) is 12.8 Å². The number of rotatable bonds is 3. The average molecular weight is 241 g/mol. The summed E-state index contributed by atoms with van der Waals surface area (Å²) < 4.78 is 0. The van der Waals surface area contributed by atoms with Crippen molar-refractivity contribution in [3.63, 3.8) is 0 Å². The minimum atomic E-state index is -0.277. The van der Waals surface area contributed by atoms with E-state index >= 15 is 0 Å². The van der Waals surface area contributed by atoms with E-state index < -0.39 is 0 Å². The van der Waals surface area contributed by atoms with E-state index in [4.69, 9.17) is 5.73 Å². The first-order valence-electron chi connectivity index (χ1n) is 5.34. The third-order valence-electron chi connectivity index (χ3n) is 2.90. The van der Waals surface area contributed by atoms with Crippen molar-refractivity contribution < 1.29 is 9.90 Å². The molecule has 2 atom stereocenters. The first-order valence-corrected chi connectivity index (χ1v) is 6.22. The lowest BCUT2D eigenvalue weighted by Gasteiger charge is -2.14. The van der Waals surface area contributed by atoms with Crippen molar-refractivity contribution in [3.8, 4) is 0 Å². The normalized spacial score (nSPS) is 24.6. The maximum atomic E-state index is 11.6. The molecule has 16 heavy (non-hydrogen) atoms. The highest BCUT2D eigenvalue weighted by Crippen LogP contribution is 2.24. The summed E-state index contributed by atoms with van der Waals surface area (Å²) in [4.78, 5) is 15.5. The fraction of sp³-hybridized carbons (Fsp3) is 0.600. The molecule has 2 rings (SSSR count). The van der Waals surface area contributed by atoms with E-state index in [-0.39, 0.29) is 17.9 Å². The van der Waals surface area contributed by atoms with Crippen molar-refractivity contribution >= 4 is 22.4 Å². The number of aromatic nitrogens is 1. The van der Waals surface area contributed by atoms with E-state index in [1.165, 1.54) is 11.3 Å². The number of nitrogen functional groups attached to an aromatic ring is 1. The monoisotopic (exact) mass is 241 g/mol. The van der Waals surface area contributed by atoms with Gasteiger partial charge in [-0.1, -0.05) is 6.42 Å². The zero-order chi connectivity index (χ0) is 11.5. The van der Waals surface area contributed by atoms with Crippen molar-refractivity contribution in [1.82, 2.24) is 10.3 Å². The topological polar surface area (TPSA) is 88.2 Å². The van der Waals surface area contributed by atoms with Crippen LogP contribution in [0.1, 0.15) is 29.8 Å². The summed E-state index contributed by atoms with van der Waals surface area (Å²) in [5.41, 5.74) is 5.80. The van der Waals surface area contributed by atoms with Crippen molar-refractivity contribution in [1.29, 1.82) is 0 Å². The molecule has 0 spiro atoms. The maximum absolute atomic E-state index is 11.6. The number of carbonyl (C=O) groups excluding carboxylic acids is 1. The quantitative estimate of drug-likeness (QED) is 0.723. The van der Waals surface area contributed by atoms with E-state index in [1.54, 1.807) is 5.38 Å². The third-order valence-corrected chi connectivity index (χ3v) is 3.57. The molecule has 0 saturated heterocycles. The molecule has 88 valence electrons. The van der Waals surface area contributed by atoms with Gasteiger partial charge in [-0.25, -0.2) is 4.98 Å². The lowest BCUT2D eigenvalue weighted by atomic mass is 10.1. The predicted octanol–water partition coefficient (Wildman–Crippen LogP) is 0.616. The average Bonchev–Trinajstić information content (AvgIpc) is 2.84. The van der Waals surface area contributed by atoms with Crippen LogP contribution in [0.2, 0.25) is 0 Å². The lowest BCUT2D eigenvalue weighted by Crippen LogP contribution is -2.32. The molecule has 1 aromatic heterocycles. The van der Waals surface area contributed by atoms with Gasteiger partial charge in [0.1, 0.15) is 5.69 Å². The van der Waals surface area contributed by atoms with Crippen LogP contribution in [-0.4, -0.2) is 28.6 Å². The van der Waals surface area contributed by atoms with E-state index in [0.29, 0.717) is 17.4 Å². The fourth-order valence-corrected chi connectivity index (χ4v) is 2.50. The summed E-state index contributed by atoms with van der Waals surface area (Å²) in [7, 11) is 0. The van der Waals surface area contributed by atoms with Gasteiger partial charge in [0, 0.05) is 17.8 Å². The van der Waals surface area contributed by atoms with Crippen LogP contribution < -0.4 is 11.1 Å². The lowest BCUT2D eigenvalue weighted by molar-refractivity contribution is 0.0913. The zero-order valence-corrected chi connectivity index (χ0v) is 9.67. The molecule has 4 N–H and O–H groups in total. The molecule has 2 unspecified atom stereocenters. The van der Waals surface area contributed by atoms with Gasteiger partial charge in [0.05, 0.1) is 6.10 Å². The number of hydrogen-bond acceptors (Lipinski definition) is 5. The first kappa shape index (κ1) is 11.3. The van der Waals surface area contributed by atoms with E-state index in [0.717, 1.165) is 19.3 Å². The van der Waals surface area contributed by atoms with Gasteiger partial charge in [0.15, 0.2) is 5.13 Å². The summed E-state index contributed by atoms with van der Waals surface area (Å²) in [5, 5.41) is 14.4. The summed E-state index contributed by atoms with van der Waals surface area (Å²) >= 11 is 1.25. The van der Waals surface area contributed by atoms with Crippen molar-refractivity contribution in [2.45, 2.75) is 25.4 Å². The molecule has 0 aromatic carbocycles. The fourth-order valence-electron chi connectivity index (χ4n) is 1.96. The molecule has 0 bridgehead atoms. The molecule has 1 heterocycles. The van der Waals surface area contributed by atoms with Crippen LogP contribution in [0.15, 0.2) is 5.38 Å². The summed E-state index contributed by atoms with van der Waals surface area (Å²) in [6, 6.07) is 0. The van der Waals surface area contributed by atoms with Crippen LogP contribution >= 0.6 is 11.3 Å². The highest BCUT2D eigenvalue weighted by Gasteiger charge is 2.25. The number of aliphatic hydroxyl groups is 1. The molecule has 6 heteroatoms. The second-order valence-electron chi connectivity index (χ2n) is 4.04. The number of anilines is 1. The van der Waals surface area contributed by atoms with Gasteiger partial charge in [0.2, 0.25) is 0 Å². The first-order chi connectivity index (χ1) is 7.66. The molecule has 1 aliphatic rings. The van der Waals surface area contributed by atoms with Crippen molar-refractivity contribution in [2.75, 3.05) is 12.3 Å². The largest absolute Gasteiger partial charge is 0.393 e. The minimum absolute atomic E-state index is 0.180. The number of thiazole rings is 1. The number of nitrogens with one attached hydrogen (secondary N) is 1. The third kappa shape index (κ3) is 2.51. The van der Waals surface area contributed by atoms with Crippen LogP contribution in [0.3, 0.4) is 0 Å². The molecular formula is C10H15N3O2S. The van der Waals surface area contributed by atoms with Crippen LogP contribution in [0.25, 0.3) is 0 Å². The number of aliphatic hydroxyl groups excluding tert-OH is 1. The smallest absolute Gasteiger partial charge is 0.270 e. The Hall–Kier alpha value is -1.14. The second-order valence-corrected chi connectivity index (χ2v) is 4.93. The zero-order valence-electron chi connectivity index (χ0n) is 8.85. The molecule has 1 aliphatic carbocycles. The van der Waals surface area contributed by atoms with Crippen LogP contribution in [0.4, 0.5) is 5.13 Å². The second kappa shape index (κ2) is 4.80. The number of carbonyl (C=O) groups is 1. The number of nitrogens with two attached hydrogens (primary N) is 1. The summed E-state index contributed by atoms with van der Waals surface area (Å²) in [6.07, 6.45) is 2.57. The van der Waals surface area contributed by atoms with Crippen LogP contribution in [-0.2, 0) is 0 Å². The van der Waals surface area contributed by atoms with E-state index in [1.807, 2.05) is 0 Å². The molecule has 0 aliphatic heterocycles. The molecule has 1 saturated carbocycles. The van der Waals surface area contributed by atoms with Crippen molar-refractivity contribution in [2.24, 2.45) is 5.92 Å². The van der Waals surface area contributed by atoms with Gasteiger partial charge in [-0.3, -0.25) is 4.79 Å². The molecule has 0 radical (unpaired) electrons. The molecule has 1 fully saturated rings. The number of nitrogens with zero attached hydrogens (tertiary/aromatic N) is 1. The van der Waals surface area contributed by atoms with Crippen LogP contribution in [0.5, 0.6) is 0 Å². The van der Waals surface area contributed by atoms with E-state index in [9.17, 15) is 9.90 Å². The standard InChI is InChI=1S/C10H15N3O2S/c11-10-13-7(5-16-10)9(15)12-4-6-2-1-3-8(6)14/h5-6,8,14H,1-4H2,(H2,11,13)(H,12,15). The van der Waals surface area contributed by atoms with Crippen molar-refractivity contribution in [3.05, 3.63) is 11.1 Å². The Morgan fingerprint density at radius 3 is 3.06 bits per heavy atom. The van der Waals surface area contributed by atoms with Gasteiger partial charge in [-0.15, -0.1) is 11.3 Å². The van der Waals surface area contributed by atoms with Gasteiger partial charge >= 0.3 is 0 Å². The Morgan fingerprint density at radius 1 is 1.69 bits per heavy atom. The molecular weight excluding hydrogens is 226 g/mol. The summed E-state index contributed by atoms with van der Waals surface area (Å²) in [6.45, 7) is 0.511. The summed E-state index contributed by atoms with van der Waals surface area (Å²) in [5.74, 6) is -0.0352. The van der Waals surface area contributed by atoms with Crippen LogP contribution in [0, 0.1) is 5.92 Å².